The average molecular weight is 230 g/mol. The van der Waals surface area contributed by atoms with E-state index in [1.807, 2.05) is 6.92 Å². The molecule has 5 heteroatoms. The Kier molecular flexibility index (Phi) is 2.63. The number of rotatable bonds is 4. The van der Waals surface area contributed by atoms with Gasteiger partial charge in [-0.1, -0.05) is 18.9 Å². The molecule has 0 saturated heterocycles. The smallest absolute Gasteiger partial charge is 0.315 e. The lowest BCUT2D eigenvalue weighted by Gasteiger charge is -2.02. The van der Waals surface area contributed by atoms with E-state index in [0.29, 0.717) is 23.2 Å². The van der Waals surface area contributed by atoms with Crippen LogP contribution in [0.5, 0.6) is 0 Å². The summed E-state index contributed by atoms with van der Waals surface area (Å²) in [5.74, 6) is 1.18. The molecule has 0 spiro atoms. The van der Waals surface area contributed by atoms with Gasteiger partial charge in [0.05, 0.1) is 0 Å². The van der Waals surface area contributed by atoms with Crippen LogP contribution in [0.25, 0.3) is 0 Å². The molecule has 15 heavy (non-hydrogen) atoms. The van der Waals surface area contributed by atoms with E-state index in [9.17, 15) is 0 Å². The van der Waals surface area contributed by atoms with Crippen LogP contribution in [0.1, 0.15) is 38.5 Å². The number of alkyl halides is 1. The Balaban J connectivity index is 1.84. The van der Waals surface area contributed by atoms with Gasteiger partial charge >= 0.3 is 6.01 Å². The molecule has 1 fully saturated rings. The molecule has 1 aliphatic carbocycles. The molecule has 2 atom stereocenters. The Morgan fingerprint density at radius 1 is 1.60 bits per heavy atom. The summed E-state index contributed by atoms with van der Waals surface area (Å²) >= 11 is 5.81. The highest BCUT2D eigenvalue weighted by molar-refractivity contribution is 6.20. The van der Waals surface area contributed by atoms with E-state index in [2.05, 4.69) is 29.4 Å². The summed E-state index contributed by atoms with van der Waals surface area (Å²) < 4.78 is 5.33. The molecule has 0 radical (unpaired) electrons. The summed E-state index contributed by atoms with van der Waals surface area (Å²) in [5, 5.41) is 10.6. The van der Waals surface area contributed by atoms with Crippen molar-refractivity contribution in [2.45, 2.75) is 32.6 Å². The third kappa shape index (κ3) is 2.43. The maximum atomic E-state index is 5.81. The van der Waals surface area contributed by atoms with E-state index in [1.165, 1.54) is 6.42 Å². The molecule has 2 rings (SSSR count). The van der Waals surface area contributed by atoms with Crippen molar-refractivity contribution in [1.82, 2.24) is 10.2 Å². The van der Waals surface area contributed by atoms with Crippen LogP contribution in [0.2, 0.25) is 0 Å². The monoisotopic (exact) mass is 229 g/mol. The van der Waals surface area contributed by atoms with E-state index in [4.69, 9.17) is 16.0 Å². The van der Waals surface area contributed by atoms with E-state index in [1.54, 1.807) is 0 Å². The summed E-state index contributed by atoms with van der Waals surface area (Å²) in [4.78, 5) is 0. The van der Waals surface area contributed by atoms with Gasteiger partial charge in [0.2, 0.25) is 5.89 Å². The van der Waals surface area contributed by atoms with Crippen LogP contribution in [0.15, 0.2) is 4.42 Å². The van der Waals surface area contributed by atoms with E-state index in [-0.39, 0.29) is 5.38 Å². The second kappa shape index (κ2) is 3.67. The lowest BCUT2D eigenvalue weighted by atomic mass is 10.1. The fourth-order valence-electron chi connectivity index (χ4n) is 1.60. The van der Waals surface area contributed by atoms with Crippen LogP contribution in [-0.2, 0) is 0 Å². The molecule has 1 N–H and O–H groups in total. The number of hydrogen-bond donors (Lipinski definition) is 1. The van der Waals surface area contributed by atoms with Gasteiger partial charge in [0.25, 0.3) is 0 Å². The Labute approximate surface area is 94.4 Å². The summed E-state index contributed by atoms with van der Waals surface area (Å²) in [7, 11) is 0. The molecule has 0 bridgehead atoms. The molecular formula is C10H16ClN3O. The van der Waals surface area contributed by atoms with E-state index < -0.39 is 0 Å². The largest absolute Gasteiger partial charge is 0.407 e. The number of anilines is 1. The molecule has 1 aromatic heterocycles. The SMILES string of the molecule is CC(Cl)c1nnc(NCC2CC2(C)C)o1. The van der Waals surface area contributed by atoms with Crippen molar-refractivity contribution in [3.63, 3.8) is 0 Å². The number of aromatic nitrogens is 2. The van der Waals surface area contributed by atoms with Crippen molar-refractivity contribution in [2.75, 3.05) is 11.9 Å². The number of halogens is 1. The zero-order valence-corrected chi connectivity index (χ0v) is 10.0. The van der Waals surface area contributed by atoms with Crippen LogP contribution in [0.4, 0.5) is 6.01 Å². The maximum absolute atomic E-state index is 5.81. The third-order valence-electron chi connectivity index (χ3n) is 3.00. The topological polar surface area (TPSA) is 51.0 Å². The lowest BCUT2D eigenvalue weighted by molar-refractivity contribution is 0.500. The molecule has 4 nitrogen and oxygen atoms in total. The second-order valence-corrected chi connectivity index (χ2v) is 5.49. The number of nitrogens with zero attached hydrogens (tertiary/aromatic N) is 2. The van der Waals surface area contributed by atoms with Crippen LogP contribution in [-0.4, -0.2) is 16.7 Å². The van der Waals surface area contributed by atoms with Crippen LogP contribution in [0, 0.1) is 11.3 Å². The van der Waals surface area contributed by atoms with Gasteiger partial charge in [-0.2, -0.15) is 0 Å². The zero-order valence-electron chi connectivity index (χ0n) is 9.25. The highest BCUT2D eigenvalue weighted by atomic mass is 35.5. The van der Waals surface area contributed by atoms with Gasteiger partial charge in [-0.05, 0) is 24.7 Å². The predicted octanol–water partition coefficient (Wildman–Crippen LogP) is 2.83. The van der Waals surface area contributed by atoms with E-state index in [0.717, 1.165) is 6.54 Å². The molecule has 0 aliphatic heterocycles. The first-order valence-electron chi connectivity index (χ1n) is 5.20. The molecular weight excluding hydrogens is 214 g/mol. The molecule has 84 valence electrons. The summed E-state index contributed by atoms with van der Waals surface area (Å²) in [5.41, 5.74) is 0.468. The first-order valence-corrected chi connectivity index (χ1v) is 5.64. The van der Waals surface area contributed by atoms with Crippen molar-refractivity contribution in [3.05, 3.63) is 5.89 Å². The lowest BCUT2D eigenvalue weighted by Crippen LogP contribution is -2.07. The van der Waals surface area contributed by atoms with Crippen molar-refractivity contribution in [2.24, 2.45) is 11.3 Å². The minimum absolute atomic E-state index is 0.231. The summed E-state index contributed by atoms with van der Waals surface area (Å²) in [6, 6.07) is 0.472. The molecule has 1 aromatic rings. The predicted molar refractivity (Wildman–Crippen MR) is 58.9 cm³/mol. The molecule has 0 aromatic carbocycles. The standard InChI is InChI=1S/C10H16ClN3O/c1-6(11)8-13-14-9(15-8)12-5-7-4-10(7,2)3/h6-7H,4-5H2,1-3H3,(H,12,14). The van der Waals surface area contributed by atoms with Crippen molar-refractivity contribution in [1.29, 1.82) is 0 Å². The van der Waals surface area contributed by atoms with Crippen LogP contribution < -0.4 is 5.32 Å². The van der Waals surface area contributed by atoms with Crippen LogP contribution >= 0.6 is 11.6 Å². The highest BCUT2D eigenvalue weighted by Gasteiger charge is 2.45. The molecule has 0 amide bonds. The van der Waals surface area contributed by atoms with Gasteiger partial charge in [0.1, 0.15) is 5.38 Å². The quantitative estimate of drug-likeness (QED) is 0.807. The Morgan fingerprint density at radius 2 is 2.27 bits per heavy atom. The number of nitrogens with one attached hydrogen (secondary N) is 1. The van der Waals surface area contributed by atoms with Gasteiger partial charge in [0, 0.05) is 6.54 Å². The highest BCUT2D eigenvalue weighted by Crippen LogP contribution is 2.51. The third-order valence-corrected chi connectivity index (χ3v) is 3.18. The normalized spacial score (nSPS) is 24.9. The minimum Gasteiger partial charge on any atom is -0.407 e. The van der Waals surface area contributed by atoms with Gasteiger partial charge < -0.3 is 9.73 Å². The van der Waals surface area contributed by atoms with Crippen molar-refractivity contribution in [3.8, 4) is 0 Å². The number of hydrogen-bond acceptors (Lipinski definition) is 4. The molecule has 1 aliphatic rings. The Hall–Kier alpha value is -0.770. The molecule has 2 unspecified atom stereocenters. The second-order valence-electron chi connectivity index (χ2n) is 4.83. The molecule has 1 heterocycles. The summed E-state index contributed by atoms with van der Waals surface area (Å²) in [6.45, 7) is 7.23. The first kappa shape index (κ1) is 10.7. The Bertz CT molecular complexity index is 348. The summed E-state index contributed by atoms with van der Waals surface area (Å²) in [6.07, 6.45) is 1.26. The zero-order chi connectivity index (χ0) is 11.1. The fraction of sp³-hybridized carbons (Fsp3) is 0.800. The van der Waals surface area contributed by atoms with Crippen LogP contribution in [0.3, 0.4) is 0 Å². The minimum atomic E-state index is -0.231. The molecule has 1 saturated carbocycles. The van der Waals surface area contributed by atoms with Crippen molar-refractivity contribution < 1.29 is 4.42 Å². The van der Waals surface area contributed by atoms with E-state index >= 15 is 0 Å². The van der Waals surface area contributed by atoms with Gasteiger partial charge in [-0.3, -0.25) is 0 Å². The van der Waals surface area contributed by atoms with Gasteiger partial charge in [0.15, 0.2) is 0 Å². The maximum Gasteiger partial charge on any atom is 0.315 e. The average Bonchev–Trinajstić information content (AvgIpc) is 2.63. The Morgan fingerprint density at radius 3 is 2.73 bits per heavy atom. The first-order chi connectivity index (χ1) is 6.99. The fourth-order valence-corrected chi connectivity index (χ4v) is 1.69. The van der Waals surface area contributed by atoms with Crippen molar-refractivity contribution >= 4 is 17.6 Å². The van der Waals surface area contributed by atoms with Gasteiger partial charge in [-0.15, -0.1) is 16.7 Å². The van der Waals surface area contributed by atoms with Gasteiger partial charge in [-0.25, -0.2) is 0 Å².